The van der Waals surface area contributed by atoms with Crippen LogP contribution in [0, 0.1) is 0 Å². The Bertz CT molecular complexity index is 393. The van der Waals surface area contributed by atoms with Crippen molar-refractivity contribution in [3.8, 4) is 0 Å². The van der Waals surface area contributed by atoms with E-state index in [9.17, 15) is 4.79 Å². The summed E-state index contributed by atoms with van der Waals surface area (Å²) in [6.45, 7) is 3.97. The highest BCUT2D eigenvalue weighted by atomic mass is 16.2. The van der Waals surface area contributed by atoms with Gasteiger partial charge in [0.15, 0.2) is 0 Å². The number of allylic oxidation sites excluding steroid dienone is 1. The van der Waals surface area contributed by atoms with Gasteiger partial charge >= 0.3 is 0 Å². The molecule has 0 aliphatic rings. The number of aliphatic hydroxyl groups excluding tert-OH is 1. The molecule has 1 aromatic carbocycles. The number of nitrogens with one attached hydrogen (secondary N) is 1. The van der Waals surface area contributed by atoms with E-state index in [1.807, 2.05) is 24.3 Å². The first-order valence-electron chi connectivity index (χ1n) is 5.84. The minimum absolute atomic E-state index is 0.107. The number of Topliss-reactive ketones (excluding diaryl/α,β-unsaturated/α-hetero) is 1. The molecule has 0 atom stereocenters. The van der Waals surface area contributed by atoms with Gasteiger partial charge in [-0.2, -0.15) is 0 Å². The maximum atomic E-state index is 10.8. The monoisotopic (exact) mass is 233 g/mol. The predicted molar refractivity (Wildman–Crippen MR) is 71.1 cm³/mol. The Balaban J connectivity index is 2.70. The zero-order valence-corrected chi connectivity index (χ0v) is 10.4. The minimum Gasteiger partial charge on any atom is -0.515 e. The summed E-state index contributed by atoms with van der Waals surface area (Å²) in [7, 11) is 0. The average Bonchev–Trinajstić information content (AvgIpc) is 2.34. The first kappa shape index (κ1) is 13.3. The number of aliphatic hydroxyl groups is 1. The average molecular weight is 233 g/mol. The number of carbonyl (C=O) groups is 1. The Morgan fingerprint density at radius 2 is 2.00 bits per heavy atom. The lowest BCUT2D eigenvalue weighted by molar-refractivity contribution is -0.115. The van der Waals surface area contributed by atoms with Crippen molar-refractivity contribution in [3.05, 3.63) is 36.1 Å². The lowest BCUT2D eigenvalue weighted by Gasteiger charge is -2.07. The summed E-state index contributed by atoms with van der Waals surface area (Å²) in [5.74, 6) is 0.107. The lowest BCUT2D eigenvalue weighted by Crippen LogP contribution is -2.09. The Labute approximate surface area is 102 Å². The van der Waals surface area contributed by atoms with E-state index in [2.05, 4.69) is 12.2 Å². The smallest absolute Gasteiger partial charge is 0.148 e. The molecule has 0 spiro atoms. The Kier molecular flexibility index (Phi) is 5.27. The first-order valence-corrected chi connectivity index (χ1v) is 5.84. The van der Waals surface area contributed by atoms with E-state index in [-0.39, 0.29) is 5.78 Å². The molecule has 0 bridgehead atoms. The van der Waals surface area contributed by atoms with E-state index < -0.39 is 0 Å². The highest BCUT2D eigenvalue weighted by Gasteiger charge is 2.01. The van der Waals surface area contributed by atoms with Crippen molar-refractivity contribution in [1.82, 2.24) is 0 Å². The van der Waals surface area contributed by atoms with Gasteiger partial charge in [0.2, 0.25) is 0 Å². The van der Waals surface area contributed by atoms with Crippen LogP contribution in [0.4, 0.5) is 5.69 Å². The third-order valence-corrected chi connectivity index (χ3v) is 2.47. The van der Waals surface area contributed by atoms with Crippen LogP contribution in [0.5, 0.6) is 0 Å². The molecule has 0 heterocycles. The molecule has 17 heavy (non-hydrogen) atoms. The Hall–Kier alpha value is -1.77. The van der Waals surface area contributed by atoms with Crippen molar-refractivity contribution in [2.45, 2.75) is 26.7 Å². The topological polar surface area (TPSA) is 49.3 Å². The molecule has 0 aliphatic heterocycles. The molecule has 3 heteroatoms. The zero-order valence-electron chi connectivity index (χ0n) is 10.4. The molecule has 0 radical (unpaired) electrons. The van der Waals surface area contributed by atoms with Gasteiger partial charge in [0.05, 0.1) is 12.8 Å². The fourth-order valence-corrected chi connectivity index (χ4v) is 1.58. The number of hydrogen-bond donors (Lipinski definition) is 2. The van der Waals surface area contributed by atoms with Crippen LogP contribution in [-0.4, -0.2) is 17.4 Å². The van der Waals surface area contributed by atoms with Crippen molar-refractivity contribution in [3.63, 3.8) is 0 Å². The van der Waals surface area contributed by atoms with E-state index >= 15 is 0 Å². The molecule has 0 unspecified atom stereocenters. The molecular formula is C14H19NO2. The van der Waals surface area contributed by atoms with Gasteiger partial charge in [0, 0.05) is 5.69 Å². The molecule has 0 aliphatic carbocycles. The van der Waals surface area contributed by atoms with E-state index in [1.54, 1.807) is 6.92 Å². The van der Waals surface area contributed by atoms with Gasteiger partial charge in [-0.05, 0) is 36.6 Å². The van der Waals surface area contributed by atoms with Crippen molar-refractivity contribution >= 4 is 17.0 Å². The second-order valence-electron chi connectivity index (χ2n) is 4.04. The molecule has 0 saturated carbocycles. The van der Waals surface area contributed by atoms with Crippen LogP contribution >= 0.6 is 0 Å². The fourth-order valence-electron chi connectivity index (χ4n) is 1.58. The van der Waals surface area contributed by atoms with E-state index in [0.717, 1.165) is 29.7 Å². The molecular weight excluding hydrogens is 214 g/mol. The van der Waals surface area contributed by atoms with Gasteiger partial charge in [0.25, 0.3) is 0 Å². The van der Waals surface area contributed by atoms with E-state index in [4.69, 9.17) is 5.11 Å². The number of carbonyl (C=O) groups excluding carboxylic acids is 1. The molecule has 1 rings (SSSR count). The summed E-state index contributed by atoms with van der Waals surface area (Å²) in [5.41, 5.74) is 2.87. The largest absolute Gasteiger partial charge is 0.515 e. The normalized spacial score (nSPS) is 11.3. The fraction of sp³-hybridized carbons (Fsp3) is 0.357. The summed E-state index contributed by atoms with van der Waals surface area (Å²) < 4.78 is 0. The summed E-state index contributed by atoms with van der Waals surface area (Å²) >= 11 is 0. The Morgan fingerprint density at radius 1 is 1.35 bits per heavy atom. The molecule has 0 saturated heterocycles. The third kappa shape index (κ3) is 4.31. The zero-order chi connectivity index (χ0) is 12.7. The number of rotatable bonds is 6. The number of ketones is 1. The molecule has 92 valence electrons. The van der Waals surface area contributed by atoms with E-state index in [0.29, 0.717) is 6.54 Å². The first-order chi connectivity index (χ1) is 8.17. The van der Waals surface area contributed by atoms with Crippen molar-refractivity contribution in [2.24, 2.45) is 0 Å². The van der Waals surface area contributed by atoms with Gasteiger partial charge < -0.3 is 10.4 Å². The molecule has 2 N–H and O–H groups in total. The van der Waals surface area contributed by atoms with Gasteiger partial charge in [-0.15, -0.1) is 0 Å². The summed E-state index contributed by atoms with van der Waals surface area (Å²) in [5, 5.41) is 12.2. The predicted octanol–water partition coefficient (Wildman–Crippen LogP) is 3.39. The van der Waals surface area contributed by atoms with Crippen molar-refractivity contribution in [2.75, 3.05) is 11.9 Å². The van der Waals surface area contributed by atoms with Crippen LogP contribution in [0.1, 0.15) is 32.3 Å². The minimum atomic E-state index is 0.107. The van der Waals surface area contributed by atoms with Crippen LogP contribution < -0.4 is 5.32 Å². The van der Waals surface area contributed by atoms with Gasteiger partial charge in [-0.1, -0.05) is 25.5 Å². The van der Waals surface area contributed by atoms with Gasteiger partial charge in [-0.3, -0.25) is 4.79 Å². The molecule has 0 fully saturated rings. The highest BCUT2D eigenvalue weighted by molar-refractivity contribution is 5.80. The summed E-state index contributed by atoms with van der Waals surface area (Å²) in [4.78, 5) is 10.8. The second kappa shape index (κ2) is 6.74. The summed E-state index contributed by atoms with van der Waals surface area (Å²) in [6.07, 6.45) is 3.02. The van der Waals surface area contributed by atoms with Crippen LogP contribution in [0.15, 0.2) is 30.5 Å². The second-order valence-corrected chi connectivity index (χ2v) is 4.04. The quantitative estimate of drug-likeness (QED) is 0.740. The molecule has 0 amide bonds. The molecule has 0 aromatic heterocycles. The SMILES string of the molecule is CCC/C(=C\O)c1ccc(NCC(C)=O)cc1. The molecule has 3 nitrogen and oxygen atoms in total. The van der Waals surface area contributed by atoms with Gasteiger partial charge in [0.1, 0.15) is 5.78 Å². The Morgan fingerprint density at radius 3 is 2.47 bits per heavy atom. The van der Waals surface area contributed by atoms with Gasteiger partial charge in [-0.25, -0.2) is 0 Å². The standard InChI is InChI=1S/C14H19NO2/c1-3-4-13(10-16)12-5-7-14(8-6-12)15-9-11(2)17/h5-8,10,15-16H,3-4,9H2,1-2H3/b13-10+. The lowest BCUT2D eigenvalue weighted by atomic mass is 10.0. The maximum Gasteiger partial charge on any atom is 0.148 e. The van der Waals surface area contributed by atoms with Crippen molar-refractivity contribution in [1.29, 1.82) is 0 Å². The third-order valence-electron chi connectivity index (χ3n) is 2.47. The van der Waals surface area contributed by atoms with Crippen molar-refractivity contribution < 1.29 is 9.90 Å². The van der Waals surface area contributed by atoms with Crippen LogP contribution in [0.3, 0.4) is 0 Å². The number of benzene rings is 1. The maximum absolute atomic E-state index is 10.8. The van der Waals surface area contributed by atoms with Crippen LogP contribution in [0.25, 0.3) is 5.57 Å². The summed E-state index contributed by atoms with van der Waals surface area (Å²) in [6, 6.07) is 7.72. The van der Waals surface area contributed by atoms with Crippen LogP contribution in [0.2, 0.25) is 0 Å². The highest BCUT2D eigenvalue weighted by Crippen LogP contribution is 2.21. The van der Waals surface area contributed by atoms with E-state index in [1.165, 1.54) is 6.26 Å². The van der Waals surface area contributed by atoms with Crippen LogP contribution in [-0.2, 0) is 4.79 Å². The molecule has 1 aromatic rings. The number of hydrogen-bond acceptors (Lipinski definition) is 3. The number of anilines is 1.